The Morgan fingerprint density at radius 1 is 1.06 bits per heavy atom. The minimum absolute atomic E-state index is 0.177. The maximum atomic E-state index is 12.4. The number of benzene rings is 2. The maximum absolute atomic E-state index is 12.4. The first-order valence-electron chi connectivity index (χ1n) is 11.9. The first kappa shape index (κ1) is 19.4. The summed E-state index contributed by atoms with van der Waals surface area (Å²) in [6.45, 7) is 2.16. The van der Waals surface area contributed by atoms with Gasteiger partial charge in [-0.2, -0.15) is 0 Å². The largest absolute Gasteiger partial charge is 0.508 e. The molecule has 2 aromatic carbocycles. The van der Waals surface area contributed by atoms with Crippen LogP contribution in [0.3, 0.4) is 0 Å². The number of likely N-dealkylation sites (tertiary alicyclic amines) is 1. The number of aromatic hydroxyl groups is 1. The second-order valence-corrected chi connectivity index (χ2v) is 10.5. The van der Waals surface area contributed by atoms with Gasteiger partial charge in [-0.15, -0.1) is 0 Å². The smallest absolute Gasteiger partial charge is 0.115 e. The summed E-state index contributed by atoms with van der Waals surface area (Å²) in [6, 6.07) is 14.2. The predicted molar refractivity (Wildman–Crippen MR) is 123 cm³/mol. The summed E-state index contributed by atoms with van der Waals surface area (Å²) in [7, 11) is 0. The van der Waals surface area contributed by atoms with Crippen molar-refractivity contribution < 1.29 is 10.2 Å². The van der Waals surface area contributed by atoms with Gasteiger partial charge in [-0.25, -0.2) is 0 Å². The van der Waals surface area contributed by atoms with Gasteiger partial charge in [0.05, 0.1) is 5.60 Å². The molecule has 1 aliphatic heterocycles. The number of hydrogen-bond donors (Lipinski definition) is 4. The first-order valence-corrected chi connectivity index (χ1v) is 11.9. The number of aliphatic hydroxyl groups is 1. The number of nitrogens with zero attached hydrogens (tertiary/aromatic N) is 1. The number of nitrogens with two attached hydrogens (primary N) is 1. The normalized spacial score (nSPS) is 34.6. The molecule has 4 aliphatic rings. The van der Waals surface area contributed by atoms with Crippen LogP contribution in [0.2, 0.25) is 0 Å². The molecule has 0 radical (unpaired) electrons. The summed E-state index contributed by atoms with van der Waals surface area (Å²) in [5.74, 6) is 1.13. The summed E-state index contributed by atoms with van der Waals surface area (Å²) in [6.07, 6.45) is 7.14. The number of nitrogen functional groups attached to an aromatic ring is 1. The topological polar surface area (TPSA) is 81.8 Å². The SMILES string of the molecule is Nc1ccc(N[C@@H]2CC[C@@]3(O)[C@H]4Cc5ccc(O)cc5[C@@]3(CCN4CC3CC3)C2)cc1. The van der Waals surface area contributed by atoms with Gasteiger partial charge in [-0.1, -0.05) is 6.07 Å². The Balaban J connectivity index is 1.37. The second kappa shape index (κ2) is 6.88. The highest BCUT2D eigenvalue weighted by molar-refractivity contribution is 5.53. The molecule has 1 saturated heterocycles. The standard InChI is InChI=1S/C26H33N3O2/c27-19-4-6-20(7-5-19)28-21-9-10-26(31)24-13-18-3-8-22(30)14-23(18)25(26,15-21)11-12-29(24)16-17-1-2-17/h3-8,14,17,21,24,28,30-31H,1-2,9-13,15-16,27H2/t21-,24-,25-,26-/m1/s1. The third kappa shape index (κ3) is 3.05. The molecule has 0 aromatic heterocycles. The lowest BCUT2D eigenvalue weighted by Gasteiger charge is -2.65. The second-order valence-electron chi connectivity index (χ2n) is 10.5. The fourth-order valence-electron chi connectivity index (χ4n) is 6.89. The highest BCUT2D eigenvalue weighted by Gasteiger charge is 2.64. The lowest BCUT2D eigenvalue weighted by Crippen LogP contribution is -2.74. The molecular formula is C26H33N3O2. The van der Waals surface area contributed by atoms with Crippen molar-refractivity contribution in [2.75, 3.05) is 24.1 Å². The zero-order chi connectivity index (χ0) is 21.2. The van der Waals surface area contributed by atoms with E-state index in [-0.39, 0.29) is 17.5 Å². The molecule has 0 amide bonds. The van der Waals surface area contributed by atoms with Gasteiger partial charge in [-0.3, -0.25) is 4.90 Å². The molecule has 5 heteroatoms. The molecule has 6 rings (SSSR count). The van der Waals surface area contributed by atoms with E-state index in [0.29, 0.717) is 5.75 Å². The molecule has 31 heavy (non-hydrogen) atoms. The van der Waals surface area contributed by atoms with Gasteiger partial charge in [0, 0.05) is 35.4 Å². The molecular weight excluding hydrogens is 386 g/mol. The Morgan fingerprint density at radius 3 is 2.65 bits per heavy atom. The Kier molecular flexibility index (Phi) is 4.31. The van der Waals surface area contributed by atoms with Crippen LogP contribution in [0, 0.1) is 5.92 Å². The molecule has 164 valence electrons. The van der Waals surface area contributed by atoms with Crippen LogP contribution in [-0.4, -0.2) is 45.9 Å². The molecule has 2 saturated carbocycles. The van der Waals surface area contributed by atoms with Gasteiger partial charge < -0.3 is 21.3 Å². The molecule has 2 bridgehead atoms. The third-order valence-electron chi connectivity index (χ3n) is 8.61. The van der Waals surface area contributed by atoms with Crippen LogP contribution < -0.4 is 11.1 Å². The fraction of sp³-hybridized carbons (Fsp3) is 0.538. The van der Waals surface area contributed by atoms with Gasteiger partial charge in [0.25, 0.3) is 0 Å². The summed E-state index contributed by atoms with van der Waals surface area (Å²) in [5, 5.41) is 26.4. The third-order valence-corrected chi connectivity index (χ3v) is 8.61. The van der Waals surface area contributed by atoms with Crippen LogP contribution >= 0.6 is 0 Å². The van der Waals surface area contributed by atoms with Crippen molar-refractivity contribution in [3.8, 4) is 5.75 Å². The van der Waals surface area contributed by atoms with Crippen LogP contribution in [0.4, 0.5) is 11.4 Å². The molecule has 4 atom stereocenters. The van der Waals surface area contributed by atoms with Crippen molar-refractivity contribution in [1.29, 1.82) is 0 Å². The van der Waals surface area contributed by atoms with E-state index in [2.05, 4.69) is 16.3 Å². The average Bonchev–Trinajstić information content (AvgIpc) is 3.57. The molecule has 5 nitrogen and oxygen atoms in total. The van der Waals surface area contributed by atoms with Crippen LogP contribution in [0.5, 0.6) is 5.75 Å². The molecule has 5 N–H and O–H groups in total. The van der Waals surface area contributed by atoms with E-state index >= 15 is 0 Å². The number of nitrogens with one attached hydrogen (secondary N) is 1. The molecule has 0 unspecified atom stereocenters. The lowest BCUT2D eigenvalue weighted by molar-refractivity contribution is -0.168. The van der Waals surface area contributed by atoms with Crippen molar-refractivity contribution in [3.05, 3.63) is 53.6 Å². The molecule has 3 fully saturated rings. The number of piperidine rings is 1. The van der Waals surface area contributed by atoms with E-state index < -0.39 is 5.60 Å². The average molecular weight is 420 g/mol. The van der Waals surface area contributed by atoms with Crippen molar-refractivity contribution in [3.63, 3.8) is 0 Å². The Labute approximate surface area is 184 Å². The van der Waals surface area contributed by atoms with E-state index in [1.54, 1.807) is 0 Å². The Bertz CT molecular complexity index is 989. The molecule has 0 spiro atoms. The van der Waals surface area contributed by atoms with Crippen LogP contribution in [-0.2, 0) is 11.8 Å². The summed E-state index contributed by atoms with van der Waals surface area (Å²) < 4.78 is 0. The fourth-order valence-corrected chi connectivity index (χ4v) is 6.89. The van der Waals surface area contributed by atoms with Gasteiger partial charge in [-0.05, 0) is 105 Å². The van der Waals surface area contributed by atoms with Crippen molar-refractivity contribution in [1.82, 2.24) is 4.90 Å². The summed E-state index contributed by atoms with van der Waals surface area (Å²) in [4.78, 5) is 2.60. The van der Waals surface area contributed by atoms with Crippen molar-refractivity contribution >= 4 is 11.4 Å². The maximum Gasteiger partial charge on any atom is 0.115 e. The summed E-state index contributed by atoms with van der Waals surface area (Å²) >= 11 is 0. The van der Waals surface area contributed by atoms with Crippen molar-refractivity contribution in [2.45, 2.75) is 68.0 Å². The Hall–Kier alpha value is -2.24. The Morgan fingerprint density at radius 2 is 1.87 bits per heavy atom. The molecule has 2 aromatic rings. The number of rotatable bonds is 4. The van der Waals surface area contributed by atoms with Crippen molar-refractivity contribution in [2.24, 2.45) is 5.92 Å². The van der Waals surface area contributed by atoms with Gasteiger partial charge in [0.1, 0.15) is 5.75 Å². The van der Waals surface area contributed by atoms with Crippen LogP contribution in [0.15, 0.2) is 42.5 Å². The monoisotopic (exact) mass is 419 g/mol. The first-order chi connectivity index (χ1) is 15.0. The minimum Gasteiger partial charge on any atom is -0.508 e. The van der Waals surface area contributed by atoms with Gasteiger partial charge in [0.2, 0.25) is 0 Å². The highest BCUT2D eigenvalue weighted by Crippen LogP contribution is 2.59. The summed E-state index contributed by atoms with van der Waals surface area (Å²) in [5.41, 5.74) is 9.15. The van der Waals surface area contributed by atoms with Gasteiger partial charge in [0.15, 0.2) is 0 Å². The number of phenols is 1. The molecule has 3 aliphatic carbocycles. The zero-order valence-corrected chi connectivity index (χ0v) is 18.1. The quantitative estimate of drug-likeness (QED) is 0.569. The molecule has 1 heterocycles. The zero-order valence-electron chi connectivity index (χ0n) is 18.1. The lowest BCUT2D eigenvalue weighted by atomic mass is 9.49. The number of phenolic OH excluding ortho intramolecular Hbond substituents is 1. The van der Waals surface area contributed by atoms with E-state index in [4.69, 9.17) is 5.73 Å². The van der Waals surface area contributed by atoms with Crippen LogP contribution in [0.1, 0.15) is 49.7 Å². The van der Waals surface area contributed by atoms with E-state index in [1.807, 2.05) is 36.4 Å². The van der Waals surface area contributed by atoms with Gasteiger partial charge >= 0.3 is 0 Å². The van der Waals surface area contributed by atoms with E-state index in [9.17, 15) is 10.2 Å². The predicted octanol–water partition coefficient (Wildman–Crippen LogP) is 3.65. The minimum atomic E-state index is -0.736. The van der Waals surface area contributed by atoms with E-state index in [1.165, 1.54) is 24.0 Å². The number of hydrogen-bond acceptors (Lipinski definition) is 5. The number of fused-ring (bicyclic) bond motifs is 1. The van der Waals surface area contributed by atoms with Crippen LogP contribution in [0.25, 0.3) is 0 Å². The number of anilines is 2. The van der Waals surface area contributed by atoms with E-state index in [0.717, 1.165) is 62.5 Å². The highest BCUT2D eigenvalue weighted by atomic mass is 16.3.